The minimum absolute atomic E-state index is 0.0816. The minimum Gasteiger partial charge on any atom is -0.447 e. The van der Waals surface area contributed by atoms with Crippen LogP contribution in [-0.2, 0) is 4.74 Å². The minimum atomic E-state index is -0.351. The molecule has 1 aromatic rings. The Kier molecular flexibility index (Phi) is 4.23. The maximum Gasteiger partial charge on any atom is 0.424 e. The number of ether oxygens (including phenoxy) is 1. The molecule has 1 saturated heterocycles. The summed E-state index contributed by atoms with van der Waals surface area (Å²) in [6.45, 7) is 4.68. The SMILES string of the molecule is C=CC[C@H](NN1CCOC1=O)c1ccccc1Cl. The number of halogens is 1. The van der Waals surface area contributed by atoms with Gasteiger partial charge in [0.2, 0.25) is 0 Å². The van der Waals surface area contributed by atoms with E-state index in [1.54, 1.807) is 6.08 Å². The van der Waals surface area contributed by atoms with Crippen molar-refractivity contribution in [3.63, 3.8) is 0 Å². The second kappa shape index (κ2) is 5.89. The van der Waals surface area contributed by atoms with E-state index in [0.29, 0.717) is 24.6 Å². The third-order valence-electron chi connectivity index (χ3n) is 2.76. The Labute approximate surface area is 111 Å². The van der Waals surface area contributed by atoms with Crippen molar-refractivity contribution >= 4 is 17.7 Å². The average molecular weight is 267 g/mol. The van der Waals surface area contributed by atoms with Gasteiger partial charge in [0.1, 0.15) is 6.61 Å². The Bertz CT molecular complexity index is 450. The number of amides is 1. The predicted octanol–water partition coefficient (Wildman–Crippen LogP) is 2.91. The lowest BCUT2D eigenvalue weighted by Crippen LogP contribution is -2.41. The van der Waals surface area contributed by atoms with Crippen LogP contribution < -0.4 is 5.43 Å². The first-order chi connectivity index (χ1) is 8.72. The van der Waals surface area contributed by atoms with Gasteiger partial charge in [-0.15, -0.1) is 6.58 Å². The number of carbonyl (C=O) groups excluding carboxylic acids is 1. The van der Waals surface area contributed by atoms with Crippen molar-refractivity contribution in [1.29, 1.82) is 0 Å². The van der Waals surface area contributed by atoms with Gasteiger partial charge in [0.15, 0.2) is 0 Å². The van der Waals surface area contributed by atoms with E-state index in [0.717, 1.165) is 5.56 Å². The molecule has 0 spiro atoms. The van der Waals surface area contributed by atoms with E-state index in [1.165, 1.54) is 5.01 Å². The molecule has 5 heteroatoms. The Morgan fingerprint density at radius 1 is 1.56 bits per heavy atom. The fraction of sp³-hybridized carbons (Fsp3) is 0.308. The number of hydrazine groups is 1. The number of cyclic esters (lactones) is 1. The Morgan fingerprint density at radius 2 is 2.33 bits per heavy atom. The molecule has 1 heterocycles. The van der Waals surface area contributed by atoms with Crippen LogP contribution in [0.2, 0.25) is 5.02 Å². The van der Waals surface area contributed by atoms with Gasteiger partial charge in [-0.05, 0) is 18.1 Å². The van der Waals surface area contributed by atoms with Crippen molar-refractivity contribution in [3.8, 4) is 0 Å². The number of hydrogen-bond donors (Lipinski definition) is 1. The molecule has 1 aromatic carbocycles. The summed E-state index contributed by atoms with van der Waals surface area (Å²) in [6.07, 6.45) is 2.12. The van der Waals surface area contributed by atoms with Gasteiger partial charge in [-0.1, -0.05) is 35.9 Å². The van der Waals surface area contributed by atoms with Crippen LogP contribution in [0, 0.1) is 0 Å². The lowest BCUT2D eigenvalue weighted by Gasteiger charge is -2.24. The zero-order valence-corrected chi connectivity index (χ0v) is 10.7. The molecule has 0 bridgehead atoms. The molecule has 1 fully saturated rings. The van der Waals surface area contributed by atoms with E-state index < -0.39 is 0 Å². The topological polar surface area (TPSA) is 41.6 Å². The molecule has 1 aliphatic rings. The summed E-state index contributed by atoms with van der Waals surface area (Å²) in [5.74, 6) is 0. The summed E-state index contributed by atoms with van der Waals surface area (Å²) in [7, 11) is 0. The highest BCUT2D eigenvalue weighted by Gasteiger charge is 2.25. The zero-order chi connectivity index (χ0) is 13.0. The van der Waals surface area contributed by atoms with Crippen molar-refractivity contribution in [2.45, 2.75) is 12.5 Å². The number of hydrogen-bond acceptors (Lipinski definition) is 3. The second-order valence-corrected chi connectivity index (χ2v) is 4.40. The monoisotopic (exact) mass is 266 g/mol. The Balaban J connectivity index is 2.15. The smallest absolute Gasteiger partial charge is 0.424 e. The number of rotatable bonds is 5. The lowest BCUT2D eigenvalue weighted by atomic mass is 10.0. The normalized spacial score (nSPS) is 16.5. The maximum atomic E-state index is 11.4. The molecule has 0 saturated carbocycles. The predicted molar refractivity (Wildman–Crippen MR) is 70.2 cm³/mol. The largest absolute Gasteiger partial charge is 0.447 e. The summed E-state index contributed by atoms with van der Waals surface area (Å²) in [5.41, 5.74) is 4.07. The van der Waals surface area contributed by atoms with E-state index >= 15 is 0 Å². The van der Waals surface area contributed by atoms with Crippen LogP contribution in [0.1, 0.15) is 18.0 Å². The first-order valence-electron chi connectivity index (χ1n) is 5.78. The zero-order valence-electron chi connectivity index (χ0n) is 9.93. The number of carbonyl (C=O) groups is 1. The molecule has 2 rings (SSSR count). The highest BCUT2D eigenvalue weighted by molar-refractivity contribution is 6.31. The maximum absolute atomic E-state index is 11.4. The molecule has 1 amide bonds. The van der Waals surface area contributed by atoms with Crippen LogP contribution >= 0.6 is 11.6 Å². The number of nitrogens with zero attached hydrogens (tertiary/aromatic N) is 1. The average Bonchev–Trinajstić information content (AvgIpc) is 2.75. The Hall–Kier alpha value is -1.52. The molecule has 4 nitrogen and oxygen atoms in total. The van der Waals surface area contributed by atoms with Gasteiger partial charge in [-0.3, -0.25) is 0 Å². The second-order valence-electron chi connectivity index (χ2n) is 3.99. The molecule has 96 valence electrons. The molecule has 0 radical (unpaired) electrons. The summed E-state index contributed by atoms with van der Waals surface area (Å²) in [5, 5.41) is 2.14. The van der Waals surface area contributed by atoms with Crippen molar-refractivity contribution < 1.29 is 9.53 Å². The summed E-state index contributed by atoms with van der Waals surface area (Å²) >= 11 is 6.17. The van der Waals surface area contributed by atoms with Gasteiger partial charge in [-0.2, -0.15) is 0 Å². The highest BCUT2D eigenvalue weighted by atomic mass is 35.5. The first-order valence-corrected chi connectivity index (χ1v) is 6.16. The fourth-order valence-electron chi connectivity index (χ4n) is 1.87. The molecule has 18 heavy (non-hydrogen) atoms. The first kappa shape index (κ1) is 12.9. The third kappa shape index (κ3) is 2.83. The van der Waals surface area contributed by atoms with Gasteiger partial charge < -0.3 is 4.74 Å². The van der Waals surface area contributed by atoms with E-state index in [2.05, 4.69) is 12.0 Å². The van der Waals surface area contributed by atoms with Gasteiger partial charge in [0.25, 0.3) is 0 Å². The van der Waals surface area contributed by atoms with Crippen molar-refractivity contribution in [2.24, 2.45) is 0 Å². The standard InChI is InChI=1S/C13H15ClN2O2/c1-2-5-12(10-6-3-4-7-11(10)14)15-16-8-9-18-13(16)17/h2-4,6-7,12,15H,1,5,8-9H2/t12-/m0/s1. The van der Waals surface area contributed by atoms with Crippen LogP contribution in [0.3, 0.4) is 0 Å². The van der Waals surface area contributed by atoms with Crippen LogP contribution in [-0.4, -0.2) is 24.3 Å². The van der Waals surface area contributed by atoms with Crippen molar-refractivity contribution in [3.05, 3.63) is 47.5 Å². The Morgan fingerprint density at radius 3 is 2.94 bits per heavy atom. The molecule has 0 aromatic heterocycles. The van der Waals surface area contributed by atoms with Crippen LogP contribution in [0.4, 0.5) is 4.79 Å². The molecular formula is C13H15ClN2O2. The van der Waals surface area contributed by atoms with E-state index in [1.807, 2.05) is 24.3 Å². The van der Waals surface area contributed by atoms with E-state index in [9.17, 15) is 4.79 Å². The molecule has 0 unspecified atom stereocenters. The van der Waals surface area contributed by atoms with Gasteiger partial charge in [0.05, 0.1) is 12.6 Å². The number of nitrogens with one attached hydrogen (secondary N) is 1. The van der Waals surface area contributed by atoms with Gasteiger partial charge in [0, 0.05) is 5.02 Å². The van der Waals surface area contributed by atoms with Crippen LogP contribution in [0.15, 0.2) is 36.9 Å². The summed E-state index contributed by atoms with van der Waals surface area (Å²) in [4.78, 5) is 11.4. The van der Waals surface area contributed by atoms with E-state index in [-0.39, 0.29) is 12.1 Å². The molecule has 1 N–H and O–H groups in total. The summed E-state index contributed by atoms with van der Waals surface area (Å²) < 4.78 is 4.88. The molecule has 1 atom stereocenters. The fourth-order valence-corrected chi connectivity index (χ4v) is 2.14. The lowest BCUT2D eigenvalue weighted by molar-refractivity contribution is 0.138. The number of benzene rings is 1. The van der Waals surface area contributed by atoms with Crippen LogP contribution in [0.5, 0.6) is 0 Å². The quantitative estimate of drug-likeness (QED) is 0.833. The van der Waals surface area contributed by atoms with E-state index in [4.69, 9.17) is 16.3 Å². The van der Waals surface area contributed by atoms with Crippen molar-refractivity contribution in [1.82, 2.24) is 10.4 Å². The summed E-state index contributed by atoms with van der Waals surface area (Å²) in [6, 6.07) is 7.48. The third-order valence-corrected chi connectivity index (χ3v) is 3.10. The van der Waals surface area contributed by atoms with Gasteiger partial charge >= 0.3 is 6.09 Å². The van der Waals surface area contributed by atoms with Crippen LogP contribution in [0.25, 0.3) is 0 Å². The van der Waals surface area contributed by atoms with Gasteiger partial charge in [-0.25, -0.2) is 15.2 Å². The molecule has 1 aliphatic heterocycles. The highest BCUT2D eigenvalue weighted by Crippen LogP contribution is 2.26. The molecular weight excluding hydrogens is 252 g/mol. The molecule has 0 aliphatic carbocycles. The van der Waals surface area contributed by atoms with Crippen molar-refractivity contribution in [2.75, 3.05) is 13.2 Å².